The lowest BCUT2D eigenvalue weighted by Crippen LogP contribution is -2.37. The first-order chi connectivity index (χ1) is 9.19. The Balaban J connectivity index is 3.49. The number of sulfonamides is 1. The van der Waals surface area contributed by atoms with Gasteiger partial charge in [0.25, 0.3) is 15.7 Å². The molecule has 8 nitrogen and oxygen atoms in total. The minimum absolute atomic E-state index is 0.159. The third-order valence-corrected chi connectivity index (χ3v) is 3.74. The van der Waals surface area contributed by atoms with Gasteiger partial charge in [-0.2, -0.15) is 0 Å². The summed E-state index contributed by atoms with van der Waals surface area (Å²) in [7, 11) is -1.32. The number of rotatable bonds is 6. The summed E-state index contributed by atoms with van der Waals surface area (Å²) in [6.45, 7) is 1.94. The van der Waals surface area contributed by atoms with Crippen LogP contribution in [0, 0.1) is 15.9 Å². The monoisotopic (exact) mass is 306 g/mol. The lowest BCUT2D eigenvalue weighted by atomic mass is 10.2. The number of benzene rings is 1. The van der Waals surface area contributed by atoms with E-state index >= 15 is 0 Å². The topological polar surface area (TPSA) is 105 Å². The van der Waals surface area contributed by atoms with Crippen LogP contribution in [-0.4, -0.2) is 39.0 Å². The molecule has 0 spiro atoms. The van der Waals surface area contributed by atoms with E-state index in [1.54, 1.807) is 6.92 Å². The van der Waals surface area contributed by atoms with Crippen molar-refractivity contribution in [1.29, 1.82) is 0 Å². The van der Waals surface area contributed by atoms with Crippen molar-refractivity contribution < 1.29 is 17.7 Å². The van der Waals surface area contributed by atoms with Gasteiger partial charge in [0.05, 0.1) is 16.7 Å². The lowest BCUT2D eigenvalue weighted by molar-refractivity contribution is -0.385. The second-order valence-electron chi connectivity index (χ2n) is 4.08. The number of anilines is 1. The van der Waals surface area contributed by atoms with E-state index in [1.165, 1.54) is 14.1 Å². The normalized spacial score (nSPS) is 11.7. The zero-order valence-corrected chi connectivity index (χ0v) is 12.0. The van der Waals surface area contributed by atoms with Gasteiger partial charge in [0.15, 0.2) is 5.82 Å². The van der Waals surface area contributed by atoms with Gasteiger partial charge >= 0.3 is 0 Å². The van der Waals surface area contributed by atoms with Crippen molar-refractivity contribution in [2.24, 2.45) is 0 Å². The molecule has 112 valence electrons. The number of hydrogen-bond acceptors (Lipinski definition) is 6. The summed E-state index contributed by atoms with van der Waals surface area (Å²) in [6, 6.07) is 1.56. The maximum atomic E-state index is 14.0. The molecule has 10 heteroatoms. The molecule has 2 N–H and O–H groups in total. The molecular formula is C10H15FN4O4S. The Labute approximate surface area is 115 Å². The van der Waals surface area contributed by atoms with Gasteiger partial charge in [0, 0.05) is 26.7 Å². The third-order valence-electron chi connectivity index (χ3n) is 2.18. The van der Waals surface area contributed by atoms with Crippen LogP contribution in [0.15, 0.2) is 17.0 Å². The number of nitrogens with zero attached hydrogens (tertiary/aromatic N) is 2. The van der Waals surface area contributed by atoms with E-state index in [2.05, 4.69) is 10.1 Å². The van der Waals surface area contributed by atoms with E-state index in [9.17, 15) is 22.9 Å². The molecule has 1 rings (SSSR count). The lowest BCUT2D eigenvalue weighted by Gasteiger charge is -2.16. The van der Waals surface area contributed by atoms with Crippen molar-refractivity contribution in [2.45, 2.75) is 11.8 Å². The highest BCUT2D eigenvalue weighted by Gasteiger charge is 2.27. The number of nitrogens with one attached hydrogen (secondary N) is 2. The first kappa shape index (κ1) is 16.3. The van der Waals surface area contributed by atoms with Crippen molar-refractivity contribution in [1.82, 2.24) is 9.84 Å². The summed E-state index contributed by atoms with van der Waals surface area (Å²) in [5, 5.41) is 14.4. The van der Waals surface area contributed by atoms with E-state index < -0.39 is 31.3 Å². The first-order valence-corrected chi connectivity index (χ1v) is 7.09. The standard InChI is InChI=1S/C10H15FN4O4S/c1-4-12-9-6-7(15(16)17)5-8(11)10(9)20(18,19)13-14(2)3/h5-6,12-13H,4H2,1-3H3. The second-order valence-corrected chi connectivity index (χ2v) is 5.68. The van der Waals surface area contributed by atoms with Crippen LogP contribution in [0.1, 0.15) is 6.92 Å². The average Bonchev–Trinajstić information content (AvgIpc) is 2.26. The Bertz CT molecular complexity index is 618. The Morgan fingerprint density at radius 2 is 2.00 bits per heavy atom. The van der Waals surface area contributed by atoms with Crippen molar-refractivity contribution in [3.63, 3.8) is 0 Å². The van der Waals surface area contributed by atoms with Gasteiger partial charge in [-0.3, -0.25) is 10.1 Å². The van der Waals surface area contributed by atoms with Gasteiger partial charge in [0.1, 0.15) is 4.90 Å². The molecule has 0 heterocycles. The van der Waals surface area contributed by atoms with Crippen molar-refractivity contribution >= 4 is 21.4 Å². The molecule has 0 amide bonds. The molecule has 0 unspecified atom stereocenters. The molecule has 1 aromatic carbocycles. The van der Waals surface area contributed by atoms with Crippen molar-refractivity contribution in [2.75, 3.05) is 26.0 Å². The van der Waals surface area contributed by atoms with Crippen LogP contribution < -0.4 is 10.1 Å². The summed E-state index contributed by atoms with van der Waals surface area (Å²) in [5.74, 6) is -1.19. The van der Waals surface area contributed by atoms with Gasteiger partial charge in [-0.1, -0.05) is 0 Å². The van der Waals surface area contributed by atoms with Crippen LogP contribution in [0.25, 0.3) is 0 Å². The summed E-state index contributed by atoms with van der Waals surface area (Å²) >= 11 is 0. The molecule has 0 aliphatic heterocycles. The van der Waals surface area contributed by atoms with E-state index in [4.69, 9.17) is 0 Å². The molecule has 0 aliphatic carbocycles. The van der Waals surface area contributed by atoms with Crippen LogP contribution >= 0.6 is 0 Å². The molecule has 0 radical (unpaired) electrons. The minimum atomic E-state index is -4.17. The van der Waals surface area contributed by atoms with Crippen molar-refractivity contribution in [3.8, 4) is 0 Å². The van der Waals surface area contributed by atoms with Gasteiger partial charge in [-0.15, -0.1) is 4.83 Å². The highest BCUT2D eigenvalue weighted by Crippen LogP contribution is 2.29. The van der Waals surface area contributed by atoms with E-state index in [-0.39, 0.29) is 12.2 Å². The fourth-order valence-corrected chi connectivity index (χ4v) is 2.87. The van der Waals surface area contributed by atoms with Gasteiger partial charge in [-0.25, -0.2) is 17.8 Å². The van der Waals surface area contributed by atoms with Gasteiger partial charge in [0.2, 0.25) is 0 Å². The van der Waals surface area contributed by atoms with Gasteiger partial charge < -0.3 is 5.32 Å². The zero-order chi connectivity index (χ0) is 15.5. The maximum Gasteiger partial charge on any atom is 0.274 e. The number of halogens is 1. The minimum Gasteiger partial charge on any atom is -0.384 e. The SMILES string of the molecule is CCNc1cc([N+](=O)[O-])cc(F)c1S(=O)(=O)NN(C)C. The highest BCUT2D eigenvalue weighted by atomic mass is 32.2. The molecule has 0 aromatic heterocycles. The Hall–Kier alpha value is -1.78. The molecule has 20 heavy (non-hydrogen) atoms. The number of nitro benzene ring substituents is 1. The smallest absolute Gasteiger partial charge is 0.274 e. The Morgan fingerprint density at radius 3 is 2.45 bits per heavy atom. The van der Waals surface area contributed by atoms with Crippen LogP contribution in [0.3, 0.4) is 0 Å². The summed E-state index contributed by atoms with van der Waals surface area (Å²) in [4.78, 5) is 11.3. The quantitative estimate of drug-likeness (QED) is 0.598. The van der Waals surface area contributed by atoms with E-state index in [1.807, 2.05) is 0 Å². The second kappa shape index (κ2) is 6.11. The zero-order valence-electron chi connectivity index (χ0n) is 11.2. The maximum absolute atomic E-state index is 14.0. The van der Waals surface area contributed by atoms with Crippen LogP contribution in [0.5, 0.6) is 0 Å². The number of hydrazine groups is 1. The van der Waals surface area contributed by atoms with Gasteiger partial charge in [-0.05, 0) is 6.92 Å². The number of hydrogen-bond donors (Lipinski definition) is 2. The number of nitro groups is 1. The molecule has 1 aromatic rings. The predicted octanol–water partition coefficient (Wildman–Crippen LogP) is 0.921. The summed E-state index contributed by atoms with van der Waals surface area (Å²) in [5.41, 5.74) is -0.684. The molecule has 0 aliphatic rings. The fourth-order valence-electron chi connectivity index (χ4n) is 1.57. The molecule has 0 saturated heterocycles. The molecule has 0 atom stereocenters. The summed E-state index contributed by atoms with van der Waals surface area (Å²) < 4.78 is 38.0. The third kappa shape index (κ3) is 3.62. The predicted molar refractivity (Wildman–Crippen MR) is 71.2 cm³/mol. The first-order valence-electron chi connectivity index (χ1n) is 5.60. The molecule has 0 fully saturated rings. The fraction of sp³-hybridized carbons (Fsp3) is 0.400. The van der Waals surface area contributed by atoms with E-state index in [0.29, 0.717) is 6.07 Å². The highest BCUT2D eigenvalue weighted by molar-refractivity contribution is 7.89. The molecular weight excluding hydrogens is 291 g/mol. The van der Waals surface area contributed by atoms with Crippen LogP contribution in [-0.2, 0) is 10.0 Å². The molecule has 0 bridgehead atoms. The largest absolute Gasteiger partial charge is 0.384 e. The Kier molecular flexibility index (Phi) is 4.98. The number of non-ortho nitro benzene ring substituents is 1. The Morgan fingerprint density at radius 1 is 1.40 bits per heavy atom. The summed E-state index contributed by atoms with van der Waals surface area (Å²) in [6.07, 6.45) is 0. The van der Waals surface area contributed by atoms with E-state index in [0.717, 1.165) is 11.1 Å². The van der Waals surface area contributed by atoms with Crippen LogP contribution in [0.2, 0.25) is 0 Å². The molecule has 0 saturated carbocycles. The van der Waals surface area contributed by atoms with Crippen molar-refractivity contribution in [3.05, 3.63) is 28.1 Å². The average molecular weight is 306 g/mol. The van der Waals surface area contributed by atoms with Crippen LogP contribution in [0.4, 0.5) is 15.8 Å².